The average molecular weight is 307 g/mol. The molecule has 2 N–H and O–H groups in total. The highest BCUT2D eigenvalue weighted by molar-refractivity contribution is 7.98. The van der Waals surface area contributed by atoms with Crippen LogP contribution >= 0.6 is 24.0 Å². The van der Waals surface area contributed by atoms with Crippen LogP contribution in [0.1, 0.15) is 11.1 Å². The largest absolute Gasteiger partial charge is 0.488 e. The summed E-state index contributed by atoms with van der Waals surface area (Å²) in [5, 5.41) is 0. The van der Waals surface area contributed by atoms with Gasteiger partial charge in [-0.2, -0.15) is 0 Å². The van der Waals surface area contributed by atoms with Gasteiger partial charge >= 0.3 is 0 Å². The second-order valence-electron chi connectivity index (χ2n) is 4.11. The molecule has 0 fully saturated rings. The second kappa shape index (κ2) is 6.72. The Morgan fingerprint density at radius 1 is 1.30 bits per heavy atom. The molecule has 0 unspecified atom stereocenters. The topological polar surface area (TPSA) is 35.2 Å². The van der Waals surface area contributed by atoms with Gasteiger partial charge in [0.15, 0.2) is 0 Å². The molecule has 0 saturated heterocycles. The fourth-order valence-electron chi connectivity index (χ4n) is 1.73. The number of ether oxygens (including phenoxy) is 1. The molecule has 2 nitrogen and oxygen atoms in total. The Bertz CT molecular complexity index is 631. The van der Waals surface area contributed by atoms with Gasteiger partial charge in [0, 0.05) is 16.0 Å². The molecule has 0 saturated carbocycles. The van der Waals surface area contributed by atoms with Crippen LogP contribution in [0.5, 0.6) is 5.75 Å². The predicted molar refractivity (Wildman–Crippen MR) is 84.8 cm³/mol. The van der Waals surface area contributed by atoms with E-state index in [9.17, 15) is 4.39 Å². The maximum Gasteiger partial charge on any atom is 0.133 e. The summed E-state index contributed by atoms with van der Waals surface area (Å²) in [7, 11) is 0. The van der Waals surface area contributed by atoms with Crippen molar-refractivity contribution in [1.82, 2.24) is 0 Å². The number of hydrogen-bond acceptors (Lipinski definition) is 3. The van der Waals surface area contributed by atoms with Crippen molar-refractivity contribution < 1.29 is 9.13 Å². The summed E-state index contributed by atoms with van der Waals surface area (Å²) in [4.78, 5) is 1.26. The fraction of sp³-hybridized carbons (Fsp3) is 0.133. The second-order valence-corrected chi connectivity index (χ2v) is 5.40. The molecule has 0 bridgehead atoms. The van der Waals surface area contributed by atoms with Gasteiger partial charge in [0.2, 0.25) is 0 Å². The van der Waals surface area contributed by atoms with Crippen LogP contribution in [0.15, 0.2) is 47.4 Å². The molecule has 0 radical (unpaired) electrons. The Morgan fingerprint density at radius 2 is 2.05 bits per heavy atom. The first-order valence-corrected chi connectivity index (χ1v) is 7.59. The van der Waals surface area contributed by atoms with E-state index in [0.29, 0.717) is 11.1 Å². The molecule has 0 aromatic heterocycles. The maximum atomic E-state index is 13.7. The molecule has 0 atom stereocenters. The number of nitrogens with two attached hydrogens (primary N) is 1. The molecule has 2 aromatic rings. The van der Waals surface area contributed by atoms with Crippen molar-refractivity contribution in [3.8, 4) is 5.75 Å². The number of halogens is 1. The summed E-state index contributed by atoms with van der Waals surface area (Å²) in [6.45, 7) is 0.139. The molecular formula is C15H14FNOS2. The van der Waals surface area contributed by atoms with Crippen LogP contribution in [-0.2, 0) is 6.61 Å². The van der Waals surface area contributed by atoms with Gasteiger partial charge in [-0.1, -0.05) is 24.4 Å². The number of thioether (sulfide) groups is 1. The molecule has 104 valence electrons. The quantitative estimate of drug-likeness (QED) is 0.674. The lowest BCUT2D eigenvalue weighted by Gasteiger charge is -2.11. The van der Waals surface area contributed by atoms with E-state index < -0.39 is 0 Å². The van der Waals surface area contributed by atoms with Gasteiger partial charge in [0.05, 0.1) is 0 Å². The van der Waals surface area contributed by atoms with E-state index >= 15 is 0 Å². The van der Waals surface area contributed by atoms with Crippen molar-refractivity contribution in [3.63, 3.8) is 0 Å². The first kappa shape index (κ1) is 14.8. The van der Waals surface area contributed by atoms with E-state index in [-0.39, 0.29) is 17.4 Å². The Kier molecular flexibility index (Phi) is 4.98. The van der Waals surface area contributed by atoms with Crippen LogP contribution in [0.4, 0.5) is 4.39 Å². The van der Waals surface area contributed by atoms with Gasteiger partial charge in [0.25, 0.3) is 0 Å². The Labute approximate surface area is 127 Å². The van der Waals surface area contributed by atoms with Gasteiger partial charge in [0.1, 0.15) is 23.2 Å². The summed E-state index contributed by atoms with van der Waals surface area (Å²) in [5.74, 6) is 0.409. The third kappa shape index (κ3) is 3.49. The third-order valence-electron chi connectivity index (χ3n) is 2.78. The average Bonchev–Trinajstić information content (AvgIpc) is 2.46. The zero-order chi connectivity index (χ0) is 14.5. The van der Waals surface area contributed by atoms with Crippen molar-refractivity contribution in [2.24, 2.45) is 5.73 Å². The highest BCUT2D eigenvalue weighted by atomic mass is 32.2. The first-order valence-electron chi connectivity index (χ1n) is 5.96. The Morgan fingerprint density at radius 3 is 2.75 bits per heavy atom. The van der Waals surface area contributed by atoms with E-state index in [0.717, 1.165) is 10.6 Å². The third-order valence-corrected chi connectivity index (χ3v) is 3.80. The number of thiocarbonyl (C=S) groups is 1. The predicted octanol–water partition coefficient (Wildman–Crippen LogP) is 3.76. The number of benzene rings is 2. The molecule has 20 heavy (non-hydrogen) atoms. The van der Waals surface area contributed by atoms with Crippen LogP contribution in [0.25, 0.3) is 0 Å². The SMILES string of the molecule is CSc1ccccc1OCc1cc(C(N)=S)ccc1F. The minimum absolute atomic E-state index is 0.139. The van der Waals surface area contributed by atoms with Gasteiger partial charge in [-0.15, -0.1) is 11.8 Å². The van der Waals surface area contributed by atoms with Crippen LogP contribution in [-0.4, -0.2) is 11.2 Å². The highest BCUT2D eigenvalue weighted by Crippen LogP contribution is 2.27. The molecular weight excluding hydrogens is 293 g/mol. The maximum absolute atomic E-state index is 13.7. The fourth-order valence-corrected chi connectivity index (χ4v) is 2.40. The summed E-state index contributed by atoms with van der Waals surface area (Å²) in [6.07, 6.45) is 1.97. The minimum Gasteiger partial charge on any atom is -0.488 e. The van der Waals surface area contributed by atoms with Crippen molar-refractivity contribution in [3.05, 3.63) is 59.4 Å². The zero-order valence-electron chi connectivity index (χ0n) is 10.9. The van der Waals surface area contributed by atoms with E-state index in [2.05, 4.69) is 0 Å². The normalized spacial score (nSPS) is 10.3. The molecule has 0 aliphatic rings. The van der Waals surface area contributed by atoms with Crippen LogP contribution in [0.3, 0.4) is 0 Å². The first-order chi connectivity index (χ1) is 9.61. The summed E-state index contributed by atoms with van der Waals surface area (Å²) >= 11 is 6.48. The molecule has 2 aromatic carbocycles. The molecule has 5 heteroatoms. The summed E-state index contributed by atoms with van der Waals surface area (Å²) in [5.41, 5.74) is 6.62. The molecule has 0 spiro atoms. The van der Waals surface area contributed by atoms with E-state index in [1.165, 1.54) is 6.07 Å². The molecule has 0 amide bonds. The van der Waals surface area contributed by atoms with Crippen LogP contribution < -0.4 is 10.5 Å². The summed E-state index contributed by atoms with van der Waals surface area (Å²) < 4.78 is 19.4. The van der Waals surface area contributed by atoms with Gasteiger partial charge in [-0.05, 0) is 36.6 Å². The minimum atomic E-state index is -0.327. The van der Waals surface area contributed by atoms with Crippen LogP contribution in [0.2, 0.25) is 0 Å². The van der Waals surface area contributed by atoms with Gasteiger partial charge in [-0.3, -0.25) is 0 Å². The summed E-state index contributed by atoms with van der Waals surface area (Å²) in [6, 6.07) is 12.2. The molecule has 0 heterocycles. The standard InChI is InChI=1S/C15H14FNOS2/c1-20-14-5-3-2-4-13(14)18-9-11-8-10(15(17)19)6-7-12(11)16/h2-8H,9H2,1H3,(H2,17,19). The van der Waals surface area contributed by atoms with Crippen molar-refractivity contribution in [2.45, 2.75) is 11.5 Å². The zero-order valence-corrected chi connectivity index (χ0v) is 12.6. The highest BCUT2D eigenvalue weighted by Gasteiger charge is 2.08. The van der Waals surface area contributed by atoms with E-state index in [1.54, 1.807) is 23.9 Å². The molecule has 0 aliphatic carbocycles. The lowest BCUT2D eigenvalue weighted by atomic mass is 10.1. The van der Waals surface area contributed by atoms with E-state index in [4.69, 9.17) is 22.7 Å². The Hall–Kier alpha value is -1.59. The van der Waals surface area contributed by atoms with Crippen molar-refractivity contribution in [1.29, 1.82) is 0 Å². The van der Waals surface area contributed by atoms with Crippen molar-refractivity contribution >= 4 is 29.0 Å². The van der Waals surface area contributed by atoms with Crippen molar-refractivity contribution in [2.75, 3.05) is 6.26 Å². The lowest BCUT2D eigenvalue weighted by molar-refractivity contribution is 0.293. The number of para-hydroxylation sites is 1. The number of rotatable bonds is 5. The Balaban J connectivity index is 2.18. The molecule has 0 aliphatic heterocycles. The monoisotopic (exact) mass is 307 g/mol. The van der Waals surface area contributed by atoms with Gasteiger partial charge in [-0.25, -0.2) is 4.39 Å². The van der Waals surface area contributed by atoms with Gasteiger partial charge < -0.3 is 10.5 Å². The molecule has 2 rings (SSSR count). The lowest BCUT2D eigenvalue weighted by Crippen LogP contribution is -2.10. The van der Waals surface area contributed by atoms with Crippen LogP contribution in [0, 0.1) is 5.82 Å². The number of hydrogen-bond donors (Lipinski definition) is 1. The van der Waals surface area contributed by atoms with E-state index in [1.807, 2.05) is 30.5 Å². The smallest absolute Gasteiger partial charge is 0.133 e.